The third-order valence-electron chi connectivity index (χ3n) is 4.10. The molecule has 3 rings (SSSR count). The Hall–Kier alpha value is -0.940. The van der Waals surface area contributed by atoms with Crippen molar-refractivity contribution in [3.8, 4) is 0 Å². The van der Waals surface area contributed by atoms with E-state index in [-0.39, 0.29) is 18.2 Å². The lowest BCUT2D eigenvalue weighted by Crippen LogP contribution is -2.24. The molecule has 20 heavy (non-hydrogen) atoms. The van der Waals surface area contributed by atoms with Crippen molar-refractivity contribution in [3.05, 3.63) is 16.1 Å². The van der Waals surface area contributed by atoms with E-state index >= 15 is 0 Å². The van der Waals surface area contributed by atoms with E-state index < -0.39 is 0 Å². The predicted molar refractivity (Wildman–Crippen MR) is 76.9 cm³/mol. The lowest BCUT2D eigenvalue weighted by atomic mass is 9.89. The van der Waals surface area contributed by atoms with Gasteiger partial charge >= 0.3 is 5.97 Å². The predicted octanol–water partition coefficient (Wildman–Crippen LogP) is 3.73. The summed E-state index contributed by atoms with van der Waals surface area (Å²) in [4.78, 5) is 16.5. The summed E-state index contributed by atoms with van der Waals surface area (Å²) >= 11 is 1.50. The summed E-state index contributed by atoms with van der Waals surface area (Å²) in [6.45, 7) is 3.02. The number of aromatic nitrogens is 1. The average Bonchev–Trinajstić information content (AvgIpc) is 3.10. The second kappa shape index (κ2) is 6.22. The molecule has 2 heterocycles. The Kier molecular flexibility index (Phi) is 4.36. The number of carbonyl (C=O) groups excluding carboxylic acids is 1. The Balaban J connectivity index is 1.59. The molecule has 0 N–H and O–H groups in total. The van der Waals surface area contributed by atoms with E-state index in [9.17, 15) is 4.79 Å². The van der Waals surface area contributed by atoms with Gasteiger partial charge in [0.15, 0.2) is 5.69 Å². The molecule has 2 fully saturated rings. The van der Waals surface area contributed by atoms with Crippen molar-refractivity contribution in [2.24, 2.45) is 5.92 Å². The summed E-state index contributed by atoms with van der Waals surface area (Å²) in [6, 6.07) is 0. The molecule has 0 bridgehead atoms. The van der Waals surface area contributed by atoms with Crippen LogP contribution in [0.25, 0.3) is 0 Å². The lowest BCUT2D eigenvalue weighted by Gasteiger charge is -2.26. The third-order valence-corrected chi connectivity index (χ3v) is 5.03. The van der Waals surface area contributed by atoms with E-state index in [1.54, 1.807) is 5.38 Å². The highest BCUT2D eigenvalue weighted by molar-refractivity contribution is 7.09. The zero-order valence-electron chi connectivity index (χ0n) is 11.8. The van der Waals surface area contributed by atoms with Crippen molar-refractivity contribution in [2.45, 2.75) is 57.7 Å². The van der Waals surface area contributed by atoms with Crippen LogP contribution < -0.4 is 0 Å². The first-order valence-corrected chi connectivity index (χ1v) is 8.38. The number of carbonyl (C=O) groups is 1. The van der Waals surface area contributed by atoms with E-state index in [4.69, 9.17) is 9.47 Å². The Morgan fingerprint density at radius 2 is 2.30 bits per heavy atom. The van der Waals surface area contributed by atoms with Crippen molar-refractivity contribution in [1.29, 1.82) is 0 Å². The molecule has 0 unspecified atom stereocenters. The van der Waals surface area contributed by atoms with Crippen LogP contribution in [-0.4, -0.2) is 23.7 Å². The molecule has 0 radical (unpaired) electrons. The minimum atomic E-state index is -0.274. The largest absolute Gasteiger partial charge is 0.458 e. The molecule has 1 aromatic rings. The highest BCUT2D eigenvalue weighted by Crippen LogP contribution is 2.31. The molecule has 0 amide bonds. The van der Waals surface area contributed by atoms with E-state index in [1.165, 1.54) is 17.8 Å². The van der Waals surface area contributed by atoms with Gasteiger partial charge in [-0.3, -0.25) is 0 Å². The standard InChI is InChI=1S/C15H21NO3S/c1-10-4-2-5-11(8-10)19-15(17)12-9-20-14(16-12)13-6-3-7-18-13/h9-11,13H,2-8H2,1H3/t10-,11+,13-/m1/s1. The van der Waals surface area contributed by atoms with Crippen molar-refractivity contribution >= 4 is 17.3 Å². The highest BCUT2D eigenvalue weighted by Gasteiger charge is 2.26. The van der Waals surface area contributed by atoms with Crippen molar-refractivity contribution in [2.75, 3.05) is 6.61 Å². The molecular formula is C15H21NO3S. The monoisotopic (exact) mass is 295 g/mol. The van der Waals surface area contributed by atoms with Crippen LogP contribution in [0.15, 0.2) is 5.38 Å². The fourth-order valence-electron chi connectivity index (χ4n) is 3.00. The van der Waals surface area contributed by atoms with Crippen LogP contribution in [0.2, 0.25) is 0 Å². The summed E-state index contributed by atoms with van der Waals surface area (Å²) < 4.78 is 11.2. The van der Waals surface area contributed by atoms with Crippen molar-refractivity contribution < 1.29 is 14.3 Å². The number of rotatable bonds is 3. The van der Waals surface area contributed by atoms with E-state index in [1.807, 2.05) is 0 Å². The molecule has 5 heteroatoms. The molecule has 0 aromatic carbocycles. The number of hydrogen-bond donors (Lipinski definition) is 0. The van der Waals surface area contributed by atoms with Crippen LogP contribution in [0.1, 0.15) is 67.0 Å². The highest BCUT2D eigenvalue weighted by atomic mass is 32.1. The fraction of sp³-hybridized carbons (Fsp3) is 0.733. The summed E-state index contributed by atoms with van der Waals surface area (Å²) in [5.41, 5.74) is 0.443. The zero-order valence-corrected chi connectivity index (χ0v) is 12.7. The molecule has 1 saturated carbocycles. The maximum atomic E-state index is 12.1. The van der Waals surface area contributed by atoms with E-state index in [0.29, 0.717) is 11.6 Å². The smallest absolute Gasteiger partial charge is 0.358 e. The van der Waals surface area contributed by atoms with Gasteiger partial charge in [-0.2, -0.15) is 0 Å². The zero-order chi connectivity index (χ0) is 13.9. The second-order valence-corrected chi connectivity index (χ2v) is 6.76. The van der Waals surface area contributed by atoms with Crippen molar-refractivity contribution in [1.82, 2.24) is 4.98 Å². The van der Waals surface area contributed by atoms with Crippen molar-refractivity contribution in [3.63, 3.8) is 0 Å². The lowest BCUT2D eigenvalue weighted by molar-refractivity contribution is 0.0149. The van der Waals surface area contributed by atoms with Gasteiger partial charge in [0.25, 0.3) is 0 Å². The molecule has 1 aliphatic carbocycles. The minimum Gasteiger partial charge on any atom is -0.458 e. The molecule has 1 saturated heterocycles. The van der Waals surface area contributed by atoms with Gasteiger partial charge in [-0.05, 0) is 38.0 Å². The Labute approximate surface area is 123 Å². The number of ether oxygens (including phenoxy) is 2. The summed E-state index contributed by atoms with van der Waals surface area (Å²) in [5, 5.41) is 2.71. The molecule has 2 aliphatic rings. The molecule has 0 spiro atoms. The normalized spacial score (nSPS) is 30.4. The summed E-state index contributed by atoms with van der Waals surface area (Å²) in [5.74, 6) is 0.379. The third kappa shape index (κ3) is 3.20. The Bertz CT molecular complexity index is 467. The maximum Gasteiger partial charge on any atom is 0.358 e. The number of nitrogens with zero attached hydrogens (tertiary/aromatic N) is 1. The maximum absolute atomic E-state index is 12.1. The minimum absolute atomic E-state index is 0.0686. The summed E-state index contributed by atoms with van der Waals surface area (Å²) in [7, 11) is 0. The van der Waals surface area contributed by atoms with Crippen LogP contribution in [0.3, 0.4) is 0 Å². The molecular weight excluding hydrogens is 274 g/mol. The first-order chi connectivity index (χ1) is 9.72. The Morgan fingerprint density at radius 1 is 1.40 bits per heavy atom. The first-order valence-electron chi connectivity index (χ1n) is 7.50. The quantitative estimate of drug-likeness (QED) is 0.797. The van der Waals surface area contributed by atoms with Gasteiger partial charge in [0.2, 0.25) is 0 Å². The van der Waals surface area contributed by atoms with Gasteiger partial charge in [0, 0.05) is 12.0 Å². The van der Waals surface area contributed by atoms with Crippen LogP contribution in [0.4, 0.5) is 0 Å². The number of esters is 1. The van der Waals surface area contributed by atoms with E-state index in [0.717, 1.165) is 43.7 Å². The Morgan fingerprint density at radius 3 is 3.05 bits per heavy atom. The van der Waals surface area contributed by atoms with Gasteiger partial charge in [0.05, 0.1) is 0 Å². The van der Waals surface area contributed by atoms with Gasteiger partial charge in [0.1, 0.15) is 17.2 Å². The fourth-order valence-corrected chi connectivity index (χ4v) is 3.87. The molecule has 1 aromatic heterocycles. The number of hydrogen-bond acceptors (Lipinski definition) is 5. The van der Waals surface area contributed by atoms with Gasteiger partial charge in [-0.25, -0.2) is 9.78 Å². The molecule has 110 valence electrons. The van der Waals surface area contributed by atoms with Crippen LogP contribution in [-0.2, 0) is 9.47 Å². The topological polar surface area (TPSA) is 48.4 Å². The van der Waals surface area contributed by atoms with Crippen LogP contribution in [0, 0.1) is 5.92 Å². The van der Waals surface area contributed by atoms with Gasteiger partial charge in [-0.15, -0.1) is 11.3 Å². The molecule has 4 nitrogen and oxygen atoms in total. The van der Waals surface area contributed by atoms with Gasteiger partial charge in [-0.1, -0.05) is 13.3 Å². The van der Waals surface area contributed by atoms with Crippen LogP contribution >= 0.6 is 11.3 Å². The summed E-state index contributed by atoms with van der Waals surface area (Å²) in [6.07, 6.45) is 6.58. The molecule has 1 aliphatic heterocycles. The number of thiazole rings is 1. The molecule has 3 atom stereocenters. The van der Waals surface area contributed by atoms with Gasteiger partial charge < -0.3 is 9.47 Å². The van der Waals surface area contributed by atoms with E-state index in [2.05, 4.69) is 11.9 Å². The average molecular weight is 295 g/mol. The SMILES string of the molecule is C[C@@H]1CCC[C@H](OC(=O)c2csc([C@H]3CCCO3)n2)C1. The second-order valence-electron chi connectivity index (χ2n) is 5.87. The van der Waals surface area contributed by atoms with Crippen LogP contribution in [0.5, 0.6) is 0 Å². The first kappa shape index (κ1) is 14.0.